The van der Waals surface area contributed by atoms with E-state index in [4.69, 9.17) is 13.2 Å². The van der Waals surface area contributed by atoms with Crippen LogP contribution in [0.25, 0.3) is 0 Å². The SMILES string of the molecule is [B]N=N[C@@H](CSC(C#N)C(=O)OC)C(=O)OC. The Balaban J connectivity index is 4.44. The molecule has 17 heavy (non-hydrogen) atoms. The normalized spacial score (nSPS) is 13.7. The Labute approximate surface area is 104 Å². The molecule has 0 fully saturated rings. The highest BCUT2D eigenvalue weighted by molar-refractivity contribution is 8.00. The first-order valence-corrected chi connectivity index (χ1v) is 5.42. The molecule has 0 bridgehead atoms. The molecule has 7 nitrogen and oxygen atoms in total. The third-order valence-electron chi connectivity index (χ3n) is 1.63. The van der Waals surface area contributed by atoms with Crippen LogP contribution in [-0.4, -0.2) is 51.2 Å². The first kappa shape index (κ1) is 15.4. The van der Waals surface area contributed by atoms with E-state index in [1.54, 1.807) is 6.07 Å². The maximum absolute atomic E-state index is 11.2. The predicted octanol–water partition coefficient (Wildman–Crippen LogP) is -0.138. The monoisotopic (exact) mass is 255 g/mol. The number of hydrogen-bond donors (Lipinski definition) is 0. The quantitative estimate of drug-likeness (QED) is 0.372. The Hall–Kier alpha value is -1.56. The third kappa shape index (κ3) is 5.35. The van der Waals surface area contributed by atoms with Crippen molar-refractivity contribution in [2.24, 2.45) is 10.1 Å². The lowest BCUT2D eigenvalue weighted by Gasteiger charge is -2.10. The summed E-state index contributed by atoms with van der Waals surface area (Å²) in [5.41, 5.74) is 0. The molecule has 2 radical (unpaired) electrons. The van der Waals surface area contributed by atoms with Gasteiger partial charge >= 0.3 is 11.9 Å². The van der Waals surface area contributed by atoms with E-state index in [0.29, 0.717) is 0 Å². The molecule has 0 aliphatic heterocycles. The van der Waals surface area contributed by atoms with Gasteiger partial charge in [-0.15, -0.1) is 11.8 Å². The van der Waals surface area contributed by atoms with Crippen molar-refractivity contribution < 1.29 is 19.1 Å². The van der Waals surface area contributed by atoms with Gasteiger partial charge < -0.3 is 9.47 Å². The second-order valence-electron chi connectivity index (χ2n) is 2.64. The smallest absolute Gasteiger partial charge is 0.333 e. The van der Waals surface area contributed by atoms with Gasteiger partial charge in [0.15, 0.2) is 11.3 Å². The van der Waals surface area contributed by atoms with E-state index in [0.717, 1.165) is 11.8 Å². The molecule has 9 heteroatoms. The molecular formula is C8H10BN3O4S. The molecule has 0 amide bonds. The van der Waals surface area contributed by atoms with Crippen LogP contribution in [-0.2, 0) is 19.1 Å². The zero-order valence-corrected chi connectivity index (χ0v) is 10.1. The maximum Gasteiger partial charge on any atom is 0.333 e. The fraction of sp³-hybridized carbons (Fsp3) is 0.625. The molecule has 0 aliphatic carbocycles. The minimum absolute atomic E-state index is 0.0424. The second-order valence-corrected chi connectivity index (χ2v) is 3.77. The molecule has 0 saturated heterocycles. The molecule has 0 N–H and O–H groups in total. The second kappa shape index (κ2) is 8.58. The number of esters is 2. The first-order chi connectivity index (χ1) is 8.10. The van der Waals surface area contributed by atoms with Crippen LogP contribution in [0, 0.1) is 11.3 Å². The molecule has 0 spiro atoms. The van der Waals surface area contributed by atoms with Gasteiger partial charge in [0, 0.05) is 5.75 Å². The summed E-state index contributed by atoms with van der Waals surface area (Å²) >= 11 is 0.900. The Morgan fingerprint density at radius 3 is 2.41 bits per heavy atom. The molecule has 0 saturated carbocycles. The highest BCUT2D eigenvalue weighted by atomic mass is 32.2. The highest BCUT2D eigenvalue weighted by Gasteiger charge is 2.24. The van der Waals surface area contributed by atoms with Crippen LogP contribution < -0.4 is 0 Å². The van der Waals surface area contributed by atoms with Gasteiger partial charge in [-0.3, -0.25) is 5.03 Å². The molecule has 0 aliphatic rings. The van der Waals surface area contributed by atoms with Crippen LogP contribution in [0.4, 0.5) is 0 Å². The summed E-state index contributed by atoms with van der Waals surface area (Å²) in [7, 11) is 7.19. The van der Waals surface area contributed by atoms with E-state index in [1.165, 1.54) is 14.2 Å². The maximum atomic E-state index is 11.2. The van der Waals surface area contributed by atoms with Gasteiger partial charge in [-0.1, -0.05) is 0 Å². The number of carbonyl (C=O) groups excluding carboxylic acids is 2. The third-order valence-corrected chi connectivity index (χ3v) is 2.77. The number of ether oxygens (including phenoxy) is 2. The summed E-state index contributed by atoms with van der Waals surface area (Å²) in [4.78, 5) is 22.3. The largest absolute Gasteiger partial charge is 0.467 e. The average Bonchev–Trinajstić information content (AvgIpc) is 2.36. The van der Waals surface area contributed by atoms with Gasteiger partial charge in [0.05, 0.1) is 20.3 Å². The van der Waals surface area contributed by atoms with E-state index < -0.39 is 23.2 Å². The lowest BCUT2D eigenvalue weighted by molar-refractivity contribution is -0.142. The zero-order valence-electron chi connectivity index (χ0n) is 9.32. The minimum atomic E-state index is -1.03. The van der Waals surface area contributed by atoms with Crippen molar-refractivity contribution in [3.8, 4) is 6.07 Å². The van der Waals surface area contributed by atoms with Gasteiger partial charge in [-0.2, -0.15) is 10.4 Å². The fourth-order valence-corrected chi connectivity index (χ4v) is 1.70. The van der Waals surface area contributed by atoms with E-state index >= 15 is 0 Å². The standard InChI is InChI=1S/C8H10BN3O4S/c1-15-7(13)5(11-12-9)4-17-6(3-10)8(14)16-2/h5-6H,4H2,1-2H3/t5-,6?/m0/s1. The van der Waals surface area contributed by atoms with Crippen molar-refractivity contribution in [1.29, 1.82) is 5.26 Å². The van der Waals surface area contributed by atoms with E-state index in [-0.39, 0.29) is 5.75 Å². The Morgan fingerprint density at radius 1 is 1.41 bits per heavy atom. The van der Waals surface area contributed by atoms with E-state index in [1.807, 2.05) is 0 Å². The number of nitrogens with zero attached hydrogens (tertiary/aromatic N) is 3. The fourth-order valence-electron chi connectivity index (χ4n) is 0.817. The van der Waals surface area contributed by atoms with Crippen molar-refractivity contribution in [2.75, 3.05) is 20.0 Å². The predicted molar refractivity (Wildman–Crippen MR) is 60.3 cm³/mol. The Morgan fingerprint density at radius 2 is 2.00 bits per heavy atom. The number of hydrogen-bond acceptors (Lipinski definition) is 8. The topological polar surface area (TPSA) is 101 Å². The summed E-state index contributed by atoms with van der Waals surface area (Å²) in [5.74, 6) is -1.29. The van der Waals surface area contributed by atoms with Gasteiger partial charge in [0.1, 0.15) is 0 Å². The van der Waals surface area contributed by atoms with Crippen molar-refractivity contribution in [3.05, 3.63) is 0 Å². The molecule has 0 aromatic carbocycles. The van der Waals surface area contributed by atoms with Gasteiger partial charge in [-0.05, 0) is 0 Å². The molecule has 0 rings (SSSR count). The molecule has 2 atom stereocenters. The Bertz CT molecular complexity index is 344. The molecule has 1 unspecified atom stereocenters. The van der Waals surface area contributed by atoms with E-state index in [9.17, 15) is 9.59 Å². The number of rotatable bonds is 6. The lowest BCUT2D eigenvalue weighted by atomic mass is 10.4. The number of nitriles is 1. The van der Waals surface area contributed by atoms with Gasteiger partial charge in [0.2, 0.25) is 0 Å². The van der Waals surface area contributed by atoms with Crippen LogP contribution in [0.5, 0.6) is 0 Å². The molecule has 90 valence electrons. The van der Waals surface area contributed by atoms with Crippen molar-refractivity contribution in [1.82, 2.24) is 0 Å². The van der Waals surface area contributed by atoms with Crippen LogP contribution >= 0.6 is 11.8 Å². The summed E-state index contributed by atoms with van der Waals surface area (Å²) in [6, 6.07) is 0.791. The highest BCUT2D eigenvalue weighted by Crippen LogP contribution is 2.15. The van der Waals surface area contributed by atoms with Crippen LogP contribution in [0.15, 0.2) is 10.1 Å². The lowest BCUT2D eigenvalue weighted by Crippen LogP contribution is -2.25. The molecule has 0 heterocycles. The van der Waals surface area contributed by atoms with Crippen molar-refractivity contribution in [3.63, 3.8) is 0 Å². The van der Waals surface area contributed by atoms with E-state index in [2.05, 4.69) is 19.6 Å². The van der Waals surface area contributed by atoms with Gasteiger partial charge in [-0.25, -0.2) is 9.59 Å². The van der Waals surface area contributed by atoms with Crippen LogP contribution in [0.1, 0.15) is 0 Å². The van der Waals surface area contributed by atoms with Gasteiger partial charge in [0.25, 0.3) is 7.98 Å². The van der Waals surface area contributed by atoms with Crippen molar-refractivity contribution >= 4 is 31.7 Å². The number of methoxy groups -OCH3 is 2. The van der Waals surface area contributed by atoms with Crippen LogP contribution in [0.2, 0.25) is 0 Å². The molecule has 0 aromatic heterocycles. The number of thioether (sulfide) groups is 1. The average molecular weight is 255 g/mol. The summed E-state index contributed by atoms with van der Waals surface area (Å²) in [6.07, 6.45) is 0. The van der Waals surface area contributed by atoms with Crippen LogP contribution in [0.3, 0.4) is 0 Å². The van der Waals surface area contributed by atoms with Crippen molar-refractivity contribution in [2.45, 2.75) is 11.3 Å². The molecule has 0 aromatic rings. The summed E-state index contributed by atoms with van der Waals surface area (Å²) in [5, 5.41) is 14.1. The first-order valence-electron chi connectivity index (χ1n) is 4.37. The minimum Gasteiger partial charge on any atom is -0.467 e. The number of carbonyl (C=O) groups is 2. The summed E-state index contributed by atoms with van der Waals surface area (Å²) in [6.45, 7) is 0. The molecular weight excluding hydrogens is 245 g/mol. The zero-order chi connectivity index (χ0) is 13.3. The summed E-state index contributed by atoms with van der Waals surface area (Å²) < 4.78 is 8.86. The Kier molecular flexibility index (Phi) is 7.80.